The fourth-order valence-electron chi connectivity index (χ4n) is 10.2. The maximum atomic E-state index is 11.3. The largest absolute Gasteiger partial charge is 0.331 e. The van der Waals surface area contributed by atoms with Crippen LogP contribution in [-0.4, -0.2) is 0 Å². The number of rotatable bonds is 6. The SMILES string of the molecule is [C-]#[N+]c1c(C#N)c(N2c3ccccc3N(c3c(C)cccc3C)c3ccccc32)c2c(c1OON)C(C)(C)C(c1ccccc1)(c1ccccc1)C2(C)C. The highest BCUT2D eigenvalue weighted by Crippen LogP contribution is 2.72. The smallest absolute Gasteiger partial charge is 0.252 e. The summed E-state index contributed by atoms with van der Waals surface area (Å²) in [6.45, 7) is 21.8. The van der Waals surface area contributed by atoms with Crippen molar-refractivity contribution in [2.24, 2.45) is 5.90 Å². The van der Waals surface area contributed by atoms with Crippen LogP contribution in [0.1, 0.15) is 66.6 Å². The molecule has 0 spiro atoms. The van der Waals surface area contributed by atoms with Gasteiger partial charge in [0.15, 0.2) is 5.75 Å². The van der Waals surface area contributed by atoms with Crippen LogP contribution < -0.4 is 20.6 Å². The van der Waals surface area contributed by atoms with Crippen LogP contribution in [0.25, 0.3) is 4.85 Å². The van der Waals surface area contributed by atoms with Gasteiger partial charge in [-0.05, 0) is 65.9 Å². The van der Waals surface area contributed by atoms with Gasteiger partial charge in [0.2, 0.25) is 0 Å². The molecule has 0 unspecified atom stereocenters. The minimum absolute atomic E-state index is 0.0460. The third kappa shape index (κ3) is 4.47. The molecule has 6 aromatic rings. The Labute approximate surface area is 317 Å². The number of nitriles is 1. The second-order valence-electron chi connectivity index (χ2n) is 15.2. The lowest BCUT2D eigenvalue weighted by molar-refractivity contribution is -0.211. The van der Waals surface area contributed by atoms with Crippen molar-refractivity contribution in [3.63, 3.8) is 0 Å². The number of aryl methyl sites for hydroxylation is 2. The first-order valence-electron chi connectivity index (χ1n) is 18.1. The van der Waals surface area contributed by atoms with E-state index in [0.29, 0.717) is 5.69 Å². The molecule has 2 N–H and O–H groups in total. The zero-order valence-electron chi connectivity index (χ0n) is 31.3. The van der Waals surface area contributed by atoms with E-state index < -0.39 is 16.2 Å². The van der Waals surface area contributed by atoms with Gasteiger partial charge in [0, 0.05) is 21.8 Å². The molecule has 1 heterocycles. The van der Waals surface area contributed by atoms with Crippen LogP contribution in [0.15, 0.2) is 127 Å². The molecule has 266 valence electrons. The Morgan fingerprint density at radius 1 is 0.611 bits per heavy atom. The van der Waals surface area contributed by atoms with Gasteiger partial charge in [-0.25, -0.2) is 4.85 Å². The maximum Gasteiger partial charge on any atom is 0.252 e. The van der Waals surface area contributed by atoms with Gasteiger partial charge in [-0.2, -0.15) is 11.2 Å². The highest BCUT2D eigenvalue weighted by atomic mass is 17.3. The van der Waals surface area contributed by atoms with E-state index in [4.69, 9.17) is 22.3 Å². The number of hydrogen-bond donors (Lipinski definition) is 1. The molecule has 54 heavy (non-hydrogen) atoms. The molecular formula is C47H41N5O2. The first-order chi connectivity index (χ1) is 26.1. The summed E-state index contributed by atoms with van der Waals surface area (Å²) in [6.07, 6.45) is 0. The minimum Gasteiger partial charge on any atom is -0.331 e. The van der Waals surface area contributed by atoms with Crippen molar-refractivity contribution in [1.82, 2.24) is 0 Å². The monoisotopic (exact) mass is 707 g/mol. The molecule has 6 aromatic carbocycles. The lowest BCUT2D eigenvalue weighted by Gasteiger charge is -2.51. The first kappa shape index (κ1) is 34.7. The summed E-state index contributed by atoms with van der Waals surface area (Å²) in [6, 6.07) is 46.5. The minimum atomic E-state index is -0.760. The van der Waals surface area contributed by atoms with Crippen LogP contribution in [0.5, 0.6) is 5.75 Å². The first-order valence-corrected chi connectivity index (χ1v) is 18.1. The van der Waals surface area contributed by atoms with E-state index >= 15 is 0 Å². The van der Waals surface area contributed by atoms with Crippen LogP contribution in [-0.2, 0) is 21.2 Å². The number of hydrogen-bond acceptors (Lipinski definition) is 6. The summed E-state index contributed by atoms with van der Waals surface area (Å²) in [7, 11) is 0. The maximum absolute atomic E-state index is 11.3. The average Bonchev–Trinajstić information content (AvgIpc) is 3.33. The van der Waals surface area contributed by atoms with Crippen LogP contribution in [0.2, 0.25) is 0 Å². The molecule has 0 bridgehead atoms. The predicted molar refractivity (Wildman–Crippen MR) is 215 cm³/mol. The predicted octanol–water partition coefficient (Wildman–Crippen LogP) is 11.7. The Kier molecular flexibility index (Phi) is 8.12. The molecule has 1 aliphatic carbocycles. The third-order valence-electron chi connectivity index (χ3n) is 11.9. The summed E-state index contributed by atoms with van der Waals surface area (Å²) in [5.41, 5.74) is 9.50. The number of nitrogens with two attached hydrogens (primary N) is 1. The average molecular weight is 708 g/mol. The molecule has 7 heteroatoms. The van der Waals surface area contributed by atoms with Gasteiger partial charge >= 0.3 is 0 Å². The lowest BCUT2D eigenvalue weighted by Crippen LogP contribution is -2.52. The van der Waals surface area contributed by atoms with E-state index in [9.17, 15) is 5.26 Å². The van der Waals surface area contributed by atoms with E-state index in [1.165, 1.54) is 0 Å². The van der Waals surface area contributed by atoms with Crippen LogP contribution in [0.4, 0.5) is 39.8 Å². The molecule has 0 aromatic heterocycles. The van der Waals surface area contributed by atoms with Gasteiger partial charge in [0.05, 0.1) is 52.3 Å². The number of anilines is 6. The molecule has 8 rings (SSSR count). The summed E-state index contributed by atoms with van der Waals surface area (Å²) in [4.78, 5) is 19.4. The fraction of sp³-hybridized carbons (Fsp3) is 0.191. The molecule has 0 amide bonds. The van der Waals surface area contributed by atoms with Gasteiger partial charge in [0.1, 0.15) is 0 Å². The number of fused-ring (bicyclic) bond motifs is 3. The highest BCUT2D eigenvalue weighted by molar-refractivity contribution is 6.05. The van der Waals surface area contributed by atoms with Crippen molar-refractivity contribution in [2.45, 2.75) is 57.8 Å². The Morgan fingerprint density at radius 2 is 1.04 bits per heavy atom. The highest BCUT2D eigenvalue weighted by Gasteiger charge is 2.67. The topological polar surface area (TPSA) is 79.1 Å². The van der Waals surface area contributed by atoms with Gasteiger partial charge in [-0.3, -0.25) is 0 Å². The molecule has 0 radical (unpaired) electrons. The number of benzene rings is 6. The molecular weight excluding hydrogens is 667 g/mol. The summed E-state index contributed by atoms with van der Waals surface area (Å²) < 4.78 is 0. The normalized spacial score (nSPS) is 15.7. The van der Waals surface area contributed by atoms with Crippen molar-refractivity contribution in [3.05, 3.63) is 178 Å². The van der Waals surface area contributed by atoms with Crippen LogP contribution in [0.3, 0.4) is 0 Å². The zero-order chi connectivity index (χ0) is 38.0. The summed E-state index contributed by atoms with van der Waals surface area (Å²) in [5, 5.41) is 11.3. The van der Waals surface area contributed by atoms with E-state index in [0.717, 1.165) is 61.8 Å². The molecule has 1 aliphatic heterocycles. The molecule has 0 atom stereocenters. The number of para-hydroxylation sites is 5. The Bertz CT molecular complexity index is 2420. The molecule has 7 nitrogen and oxygen atoms in total. The third-order valence-corrected chi connectivity index (χ3v) is 11.9. The molecule has 0 fully saturated rings. The Hall–Kier alpha value is -6.38. The van der Waals surface area contributed by atoms with Crippen molar-refractivity contribution in [1.29, 1.82) is 5.26 Å². The van der Waals surface area contributed by atoms with E-state index in [2.05, 4.69) is 153 Å². The quantitative estimate of drug-likeness (QED) is 0.105. The second-order valence-corrected chi connectivity index (χ2v) is 15.2. The lowest BCUT2D eigenvalue weighted by atomic mass is 9.50. The van der Waals surface area contributed by atoms with Gasteiger partial charge in [0.25, 0.3) is 5.69 Å². The molecule has 0 saturated heterocycles. The molecule has 2 aliphatic rings. The van der Waals surface area contributed by atoms with Gasteiger partial charge in [-0.1, -0.05) is 136 Å². The van der Waals surface area contributed by atoms with E-state index in [1.807, 2.05) is 36.4 Å². The zero-order valence-corrected chi connectivity index (χ0v) is 31.3. The standard InChI is InChI=1S/C47H41N5O2/c1-30-19-18-20-31(2)42(30)51-35-25-14-16-27-37(35)52(38-28-17-15-26-36(38)51)43-34(29-48)41(50-7)44(53-54-49)40-39(43)45(3,4)47(46(40,5)6,32-21-10-8-11-22-32)33-23-12-9-13-24-33/h8-28H,49H2,1-6H3. The second kappa shape index (κ2) is 12.6. The van der Waals surface area contributed by atoms with Gasteiger partial charge < -0.3 is 14.7 Å². The van der Waals surface area contributed by atoms with Crippen LogP contribution in [0, 0.1) is 31.8 Å². The summed E-state index contributed by atoms with van der Waals surface area (Å²) in [5.74, 6) is 5.85. The molecule has 0 saturated carbocycles. The van der Waals surface area contributed by atoms with Crippen molar-refractivity contribution >= 4 is 39.8 Å². The Morgan fingerprint density at radius 3 is 1.46 bits per heavy atom. The number of nitrogens with zero attached hydrogens (tertiary/aromatic N) is 4. The van der Waals surface area contributed by atoms with Crippen molar-refractivity contribution in [2.75, 3.05) is 9.80 Å². The van der Waals surface area contributed by atoms with Gasteiger partial charge in [-0.15, -0.1) is 0 Å². The van der Waals surface area contributed by atoms with E-state index in [-0.39, 0.29) is 17.0 Å². The van der Waals surface area contributed by atoms with E-state index in [1.54, 1.807) is 0 Å². The summed E-state index contributed by atoms with van der Waals surface area (Å²) >= 11 is 0. The van der Waals surface area contributed by atoms with Crippen molar-refractivity contribution < 1.29 is 9.88 Å². The van der Waals surface area contributed by atoms with Crippen LogP contribution >= 0.6 is 0 Å². The fourth-order valence-corrected chi connectivity index (χ4v) is 10.2. The van der Waals surface area contributed by atoms with Crippen molar-refractivity contribution in [3.8, 4) is 11.8 Å². The Balaban J connectivity index is 1.57.